The maximum absolute atomic E-state index is 13.2. The first-order valence-electron chi connectivity index (χ1n) is 9.57. The summed E-state index contributed by atoms with van der Waals surface area (Å²) in [6, 6.07) is 19.5. The molecule has 1 aliphatic carbocycles. The van der Waals surface area contributed by atoms with Gasteiger partial charge in [-0.1, -0.05) is 60.7 Å². The van der Waals surface area contributed by atoms with Crippen LogP contribution in [0.1, 0.15) is 18.4 Å². The molecule has 0 bridgehead atoms. The maximum atomic E-state index is 13.2. The second-order valence-electron chi connectivity index (χ2n) is 7.35. The highest BCUT2D eigenvalue weighted by Gasteiger charge is 2.44. The third kappa shape index (κ3) is 3.80. The summed E-state index contributed by atoms with van der Waals surface area (Å²) in [6.45, 7) is 1.35. The van der Waals surface area contributed by atoms with E-state index in [4.69, 9.17) is 0 Å². The van der Waals surface area contributed by atoms with E-state index < -0.39 is 0 Å². The van der Waals surface area contributed by atoms with Crippen molar-refractivity contribution in [1.29, 1.82) is 0 Å². The molecule has 0 saturated carbocycles. The van der Waals surface area contributed by atoms with Crippen LogP contribution in [0.15, 0.2) is 72.8 Å². The van der Waals surface area contributed by atoms with E-state index in [0.717, 1.165) is 24.2 Å². The molecule has 2 amide bonds. The van der Waals surface area contributed by atoms with Gasteiger partial charge in [-0.15, -0.1) is 0 Å². The van der Waals surface area contributed by atoms with Gasteiger partial charge in [0.2, 0.25) is 11.8 Å². The van der Waals surface area contributed by atoms with Crippen LogP contribution in [-0.4, -0.2) is 23.3 Å². The molecule has 4 rings (SSSR count). The van der Waals surface area contributed by atoms with Gasteiger partial charge in [0.05, 0.1) is 11.8 Å². The zero-order chi connectivity index (χ0) is 18.6. The van der Waals surface area contributed by atoms with Gasteiger partial charge in [-0.25, -0.2) is 0 Å². The molecule has 4 nitrogen and oxygen atoms in total. The van der Waals surface area contributed by atoms with Gasteiger partial charge in [0.15, 0.2) is 0 Å². The molecule has 1 saturated heterocycles. The molecule has 2 aromatic rings. The second kappa shape index (κ2) is 7.78. The van der Waals surface area contributed by atoms with Crippen molar-refractivity contribution in [3.05, 3.63) is 78.4 Å². The molecule has 2 aliphatic rings. The molecule has 138 valence electrons. The van der Waals surface area contributed by atoms with E-state index in [2.05, 4.69) is 17.5 Å². The van der Waals surface area contributed by atoms with E-state index in [9.17, 15) is 9.59 Å². The normalized spacial score (nSPS) is 24.4. The summed E-state index contributed by atoms with van der Waals surface area (Å²) in [4.78, 5) is 28.1. The third-order valence-electron chi connectivity index (χ3n) is 5.59. The van der Waals surface area contributed by atoms with Crippen molar-refractivity contribution in [2.45, 2.75) is 19.4 Å². The Balaban J connectivity index is 1.51. The molecule has 0 radical (unpaired) electrons. The Morgan fingerprint density at radius 1 is 1.04 bits per heavy atom. The zero-order valence-corrected chi connectivity index (χ0v) is 15.3. The predicted octanol–water partition coefficient (Wildman–Crippen LogP) is 3.87. The third-order valence-corrected chi connectivity index (χ3v) is 5.59. The summed E-state index contributed by atoms with van der Waals surface area (Å²) in [5.74, 6) is -0.379. The standard InChI is InChI=1S/C23H24N2O2/c26-22(24-19-11-5-2-6-12-19)20-13-7-10-18-14-15-25(23(27)21(18)20)16-17-8-3-1-4-9-17/h1-12,18,20-21H,13-16H2,(H,24,26)/t18?,20-,21?/m0/s1. The lowest BCUT2D eigenvalue weighted by Crippen LogP contribution is -2.50. The van der Waals surface area contributed by atoms with E-state index >= 15 is 0 Å². The van der Waals surface area contributed by atoms with Crippen LogP contribution in [-0.2, 0) is 16.1 Å². The lowest BCUT2D eigenvalue weighted by molar-refractivity contribution is -0.147. The number of rotatable bonds is 4. The van der Waals surface area contributed by atoms with Crippen molar-refractivity contribution in [3.8, 4) is 0 Å². The molecule has 27 heavy (non-hydrogen) atoms. The number of carbonyl (C=O) groups is 2. The number of fused-ring (bicyclic) bond motifs is 1. The topological polar surface area (TPSA) is 49.4 Å². The lowest BCUT2D eigenvalue weighted by Gasteiger charge is -2.41. The molecule has 1 fully saturated rings. The highest BCUT2D eigenvalue weighted by atomic mass is 16.2. The van der Waals surface area contributed by atoms with Gasteiger partial charge < -0.3 is 10.2 Å². The van der Waals surface area contributed by atoms with Crippen LogP contribution >= 0.6 is 0 Å². The fourth-order valence-electron chi connectivity index (χ4n) is 4.21. The van der Waals surface area contributed by atoms with Gasteiger partial charge in [-0.05, 0) is 36.5 Å². The monoisotopic (exact) mass is 360 g/mol. The highest BCUT2D eigenvalue weighted by molar-refractivity contribution is 5.96. The van der Waals surface area contributed by atoms with Gasteiger partial charge in [0, 0.05) is 18.8 Å². The summed E-state index contributed by atoms with van der Waals surface area (Å²) in [5.41, 5.74) is 1.90. The van der Waals surface area contributed by atoms with Gasteiger partial charge >= 0.3 is 0 Å². The minimum absolute atomic E-state index is 0.0598. The summed E-state index contributed by atoms with van der Waals surface area (Å²) in [7, 11) is 0. The fraction of sp³-hybridized carbons (Fsp3) is 0.304. The van der Waals surface area contributed by atoms with Crippen molar-refractivity contribution in [3.63, 3.8) is 0 Å². The second-order valence-corrected chi connectivity index (χ2v) is 7.35. The van der Waals surface area contributed by atoms with Gasteiger partial charge in [0.25, 0.3) is 0 Å². The number of hydrogen-bond donors (Lipinski definition) is 1. The summed E-state index contributed by atoms with van der Waals surface area (Å²) in [5, 5.41) is 2.99. The van der Waals surface area contributed by atoms with Crippen molar-refractivity contribution >= 4 is 17.5 Å². The quantitative estimate of drug-likeness (QED) is 0.842. The fourth-order valence-corrected chi connectivity index (χ4v) is 4.21. The van der Waals surface area contributed by atoms with E-state index in [1.54, 1.807) is 0 Å². The molecule has 1 aliphatic heterocycles. The number of piperidine rings is 1. The number of carbonyl (C=O) groups excluding carboxylic acids is 2. The van der Waals surface area contributed by atoms with Crippen LogP contribution in [0.4, 0.5) is 5.69 Å². The number of allylic oxidation sites excluding steroid dienone is 2. The number of nitrogens with zero attached hydrogens (tertiary/aromatic N) is 1. The van der Waals surface area contributed by atoms with Gasteiger partial charge in [-0.3, -0.25) is 9.59 Å². The Bertz CT molecular complexity index is 832. The number of benzene rings is 2. The molecule has 2 aromatic carbocycles. The molecule has 3 atom stereocenters. The largest absolute Gasteiger partial charge is 0.338 e. The van der Waals surface area contributed by atoms with E-state index in [0.29, 0.717) is 13.0 Å². The minimum atomic E-state index is -0.314. The SMILES string of the molecule is O=C(Nc1ccccc1)[C@H]1CC=CC2CCN(Cc3ccccc3)C(=O)C21. The Morgan fingerprint density at radius 3 is 2.48 bits per heavy atom. The van der Waals surface area contributed by atoms with Crippen molar-refractivity contribution in [1.82, 2.24) is 4.90 Å². The van der Waals surface area contributed by atoms with Crippen LogP contribution in [0, 0.1) is 17.8 Å². The number of nitrogens with one attached hydrogen (secondary N) is 1. The Kier molecular flexibility index (Phi) is 5.05. The molecule has 2 unspecified atom stereocenters. The average Bonchev–Trinajstić information content (AvgIpc) is 2.71. The van der Waals surface area contributed by atoms with E-state index in [-0.39, 0.29) is 29.6 Å². The van der Waals surface area contributed by atoms with Crippen LogP contribution < -0.4 is 5.32 Å². The van der Waals surface area contributed by atoms with Crippen molar-refractivity contribution in [2.75, 3.05) is 11.9 Å². The number of anilines is 1. The molecular weight excluding hydrogens is 336 g/mol. The van der Waals surface area contributed by atoms with Crippen molar-refractivity contribution < 1.29 is 9.59 Å². The lowest BCUT2D eigenvalue weighted by atomic mass is 9.71. The van der Waals surface area contributed by atoms with Crippen LogP contribution in [0.25, 0.3) is 0 Å². The smallest absolute Gasteiger partial charge is 0.228 e. The average molecular weight is 360 g/mol. The minimum Gasteiger partial charge on any atom is -0.338 e. The van der Waals surface area contributed by atoms with Crippen LogP contribution in [0.2, 0.25) is 0 Å². The Morgan fingerprint density at radius 2 is 1.74 bits per heavy atom. The first-order valence-corrected chi connectivity index (χ1v) is 9.57. The molecule has 1 heterocycles. The molecule has 0 aromatic heterocycles. The number of amides is 2. The molecule has 0 spiro atoms. The predicted molar refractivity (Wildman–Crippen MR) is 106 cm³/mol. The molecule has 1 N–H and O–H groups in total. The Labute approximate surface area is 159 Å². The highest BCUT2D eigenvalue weighted by Crippen LogP contribution is 2.38. The first kappa shape index (κ1) is 17.5. The summed E-state index contributed by atoms with van der Waals surface area (Å²) >= 11 is 0. The number of para-hydroxylation sites is 1. The van der Waals surface area contributed by atoms with Crippen LogP contribution in [0.5, 0.6) is 0 Å². The number of likely N-dealkylation sites (tertiary alicyclic amines) is 1. The summed E-state index contributed by atoms with van der Waals surface area (Å²) < 4.78 is 0. The van der Waals surface area contributed by atoms with E-state index in [1.807, 2.05) is 65.6 Å². The summed E-state index contributed by atoms with van der Waals surface area (Å²) in [6.07, 6.45) is 5.73. The van der Waals surface area contributed by atoms with Gasteiger partial charge in [-0.2, -0.15) is 0 Å². The molecular formula is C23H24N2O2. The number of hydrogen-bond acceptors (Lipinski definition) is 2. The van der Waals surface area contributed by atoms with Gasteiger partial charge in [0.1, 0.15) is 0 Å². The first-order chi connectivity index (χ1) is 13.2. The van der Waals surface area contributed by atoms with Crippen LogP contribution in [0.3, 0.4) is 0 Å². The van der Waals surface area contributed by atoms with E-state index in [1.165, 1.54) is 0 Å². The zero-order valence-electron chi connectivity index (χ0n) is 15.3. The Hall–Kier alpha value is -2.88. The molecule has 4 heteroatoms. The van der Waals surface area contributed by atoms with Crippen molar-refractivity contribution in [2.24, 2.45) is 17.8 Å². The maximum Gasteiger partial charge on any atom is 0.228 e.